The molecule has 38 heavy (non-hydrogen) atoms. The van der Waals surface area contributed by atoms with Gasteiger partial charge in [-0.3, -0.25) is 9.59 Å². The fraction of sp³-hybridized carbons (Fsp3) is 0.704. The van der Waals surface area contributed by atoms with Gasteiger partial charge < -0.3 is 15.5 Å². The molecule has 4 unspecified atom stereocenters. The van der Waals surface area contributed by atoms with E-state index in [0.29, 0.717) is 63.1 Å². The fourth-order valence-electron chi connectivity index (χ4n) is 7.89. The number of aliphatic hydroxyl groups excluding tert-OH is 1. The lowest BCUT2D eigenvalue weighted by Gasteiger charge is -2.58. The number of benzene rings is 1. The van der Waals surface area contributed by atoms with Gasteiger partial charge in [-0.1, -0.05) is 13.8 Å². The molecule has 4 rings (SSSR count). The monoisotopic (exact) mass is 549 g/mol. The maximum Gasteiger partial charge on any atom is 0.418 e. The summed E-state index contributed by atoms with van der Waals surface area (Å²) >= 11 is 0. The molecule has 0 bridgehead atoms. The van der Waals surface area contributed by atoms with E-state index in [1.165, 1.54) is 0 Å². The van der Waals surface area contributed by atoms with Gasteiger partial charge in [-0.2, -0.15) is 26.3 Å². The SMILES string of the molecule is C[C@]1(CCC(=O)O)C(O)CCC2C1CC[C@@]1(C)C2CC[C@@H]1C(=O)Nc1cc(C(F)(F)F)ccc1C(F)(F)F. The molecule has 1 aromatic carbocycles. The third-order valence-corrected chi connectivity index (χ3v) is 9.92. The van der Waals surface area contributed by atoms with Crippen LogP contribution in [0.25, 0.3) is 0 Å². The van der Waals surface area contributed by atoms with Gasteiger partial charge in [-0.15, -0.1) is 0 Å². The van der Waals surface area contributed by atoms with Gasteiger partial charge in [0.15, 0.2) is 0 Å². The normalized spacial score (nSPS) is 35.3. The summed E-state index contributed by atoms with van der Waals surface area (Å²) in [5.41, 5.74) is -4.68. The number of anilines is 1. The highest BCUT2D eigenvalue weighted by Gasteiger charge is 2.60. The number of carboxylic acids is 1. The van der Waals surface area contributed by atoms with E-state index in [-0.39, 0.29) is 24.2 Å². The minimum absolute atomic E-state index is 0.0391. The van der Waals surface area contributed by atoms with Gasteiger partial charge in [-0.05, 0) is 91.7 Å². The number of carbonyl (C=O) groups is 2. The topological polar surface area (TPSA) is 86.6 Å². The average Bonchev–Trinajstić information content (AvgIpc) is 3.16. The summed E-state index contributed by atoms with van der Waals surface area (Å²) in [5, 5.41) is 22.2. The second-order valence-corrected chi connectivity index (χ2v) is 11.8. The highest BCUT2D eigenvalue weighted by atomic mass is 19.4. The Morgan fingerprint density at radius 1 is 0.974 bits per heavy atom. The summed E-state index contributed by atoms with van der Waals surface area (Å²) in [5.74, 6) is -2.13. The van der Waals surface area contributed by atoms with Crippen LogP contribution in [-0.2, 0) is 21.9 Å². The number of rotatable bonds is 5. The van der Waals surface area contributed by atoms with Crippen LogP contribution in [0.5, 0.6) is 0 Å². The lowest BCUT2D eigenvalue weighted by Crippen LogP contribution is -2.54. The molecule has 0 heterocycles. The molecule has 7 atom stereocenters. The molecular formula is C27H33F6NO4. The van der Waals surface area contributed by atoms with E-state index < -0.39 is 63.9 Å². The molecule has 3 saturated carbocycles. The summed E-state index contributed by atoms with van der Waals surface area (Å²) in [6.07, 6.45) is -6.78. The summed E-state index contributed by atoms with van der Waals surface area (Å²) in [6, 6.07) is 1.03. The molecule has 0 aliphatic heterocycles. The first kappa shape index (κ1) is 28.7. The smallest absolute Gasteiger partial charge is 0.418 e. The van der Waals surface area contributed by atoms with E-state index in [4.69, 9.17) is 0 Å². The van der Waals surface area contributed by atoms with E-state index in [1.54, 1.807) is 0 Å². The number of halogens is 6. The van der Waals surface area contributed by atoms with Crippen molar-refractivity contribution < 1.29 is 46.1 Å². The Kier molecular flexibility index (Phi) is 7.34. The van der Waals surface area contributed by atoms with Crippen molar-refractivity contribution in [2.45, 2.75) is 83.7 Å². The molecule has 3 fully saturated rings. The van der Waals surface area contributed by atoms with Crippen molar-refractivity contribution in [3.8, 4) is 0 Å². The third-order valence-electron chi connectivity index (χ3n) is 9.92. The highest BCUT2D eigenvalue weighted by Crippen LogP contribution is 2.65. The minimum Gasteiger partial charge on any atom is -0.481 e. The molecule has 1 amide bonds. The van der Waals surface area contributed by atoms with Crippen LogP contribution in [0, 0.1) is 34.5 Å². The minimum atomic E-state index is -4.95. The molecule has 1 aromatic rings. The number of carbonyl (C=O) groups excluding carboxylic acids is 1. The van der Waals surface area contributed by atoms with E-state index in [2.05, 4.69) is 5.32 Å². The van der Waals surface area contributed by atoms with Gasteiger partial charge in [0.1, 0.15) is 0 Å². The first-order valence-electron chi connectivity index (χ1n) is 13.0. The second kappa shape index (κ2) is 9.71. The van der Waals surface area contributed by atoms with E-state index in [0.717, 1.165) is 0 Å². The number of fused-ring (bicyclic) bond motifs is 3. The maximum absolute atomic E-state index is 13.6. The van der Waals surface area contributed by atoms with Gasteiger partial charge in [0.25, 0.3) is 0 Å². The molecular weight excluding hydrogens is 516 g/mol. The van der Waals surface area contributed by atoms with Gasteiger partial charge >= 0.3 is 18.3 Å². The van der Waals surface area contributed by atoms with Crippen LogP contribution < -0.4 is 5.32 Å². The first-order valence-corrected chi connectivity index (χ1v) is 13.0. The maximum atomic E-state index is 13.6. The summed E-state index contributed by atoms with van der Waals surface area (Å²) in [4.78, 5) is 24.6. The Balaban J connectivity index is 1.58. The number of hydrogen-bond acceptors (Lipinski definition) is 3. The first-order chi connectivity index (χ1) is 17.5. The van der Waals surface area contributed by atoms with Crippen LogP contribution in [-0.4, -0.2) is 28.2 Å². The number of aliphatic hydroxyl groups is 1. The van der Waals surface area contributed by atoms with Gasteiger partial charge in [0.2, 0.25) is 5.91 Å². The Bertz CT molecular complexity index is 1090. The lowest BCUT2D eigenvalue weighted by molar-refractivity contribution is -0.148. The predicted octanol–water partition coefficient (Wildman–Crippen LogP) is 6.75. The standard InChI is InChI=1S/C27H33F6NO4/c1-24-11-9-17-15(4-8-21(35)25(17,2)12-10-22(36)37)16(24)6-7-19(24)23(38)34-20-13-14(26(28,29)30)3-5-18(20)27(31,32)33/h3,5,13,15-17,19,21,35H,4,6-12H2,1-2H3,(H,34,38)(H,36,37)/t15?,16?,17?,19-,21?,24+,25-/m1/s1. The van der Waals surface area contributed by atoms with Crippen molar-refractivity contribution >= 4 is 17.6 Å². The number of carboxylic acid groups (broad SMARTS) is 1. The van der Waals surface area contributed by atoms with Gasteiger partial charge in [0.05, 0.1) is 22.9 Å². The van der Waals surface area contributed by atoms with Gasteiger partial charge in [0, 0.05) is 12.3 Å². The molecule has 3 aliphatic carbocycles. The van der Waals surface area contributed by atoms with Gasteiger partial charge in [-0.25, -0.2) is 0 Å². The molecule has 11 heteroatoms. The van der Waals surface area contributed by atoms with Crippen LogP contribution >= 0.6 is 0 Å². The van der Waals surface area contributed by atoms with Crippen molar-refractivity contribution in [2.24, 2.45) is 34.5 Å². The number of alkyl halides is 6. The zero-order valence-corrected chi connectivity index (χ0v) is 21.3. The van der Waals surface area contributed by atoms with E-state index in [9.17, 15) is 46.1 Å². The summed E-state index contributed by atoms with van der Waals surface area (Å²) in [7, 11) is 0. The van der Waals surface area contributed by atoms with Crippen LogP contribution in [0.15, 0.2) is 18.2 Å². The Morgan fingerprint density at radius 2 is 1.66 bits per heavy atom. The molecule has 5 nitrogen and oxygen atoms in total. The van der Waals surface area contributed by atoms with E-state index in [1.807, 2.05) is 13.8 Å². The Morgan fingerprint density at radius 3 is 2.26 bits per heavy atom. The second-order valence-electron chi connectivity index (χ2n) is 11.8. The zero-order valence-electron chi connectivity index (χ0n) is 21.3. The van der Waals surface area contributed by atoms with Crippen LogP contribution in [0.3, 0.4) is 0 Å². The molecule has 212 valence electrons. The van der Waals surface area contributed by atoms with Crippen molar-refractivity contribution in [1.29, 1.82) is 0 Å². The van der Waals surface area contributed by atoms with Crippen molar-refractivity contribution in [3.05, 3.63) is 29.3 Å². The molecule has 3 aliphatic rings. The lowest BCUT2D eigenvalue weighted by atomic mass is 9.48. The van der Waals surface area contributed by atoms with E-state index >= 15 is 0 Å². The molecule has 0 spiro atoms. The van der Waals surface area contributed by atoms with Crippen LogP contribution in [0.1, 0.15) is 76.3 Å². The largest absolute Gasteiger partial charge is 0.481 e. The van der Waals surface area contributed by atoms with Crippen LogP contribution in [0.2, 0.25) is 0 Å². The van der Waals surface area contributed by atoms with Crippen molar-refractivity contribution in [1.82, 2.24) is 0 Å². The number of aliphatic carboxylic acids is 1. The summed E-state index contributed by atoms with van der Waals surface area (Å²) < 4.78 is 80.3. The third kappa shape index (κ3) is 5.02. The van der Waals surface area contributed by atoms with Crippen molar-refractivity contribution in [3.63, 3.8) is 0 Å². The Labute approximate surface area is 217 Å². The molecule has 0 aromatic heterocycles. The number of nitrogens with one attached hydrogen (secondary N) is 1. The number of hydrogen-bond donors (Lipinski definition) is 3. The zero-order chi connectivity index (χ0) is 28.3. The van der Waals surface area contributed by atoms with Crippen molar-refractivity contribution in [2.75, 3.05) is 5.32 Å². The average molecular weight is 550 g/mol. The Hall–Kier alpha value is -2.30. The number of amides is 1. The summed E-state index contributed by atoms with van der Waals surface area (Å²) in [6.45, 7) is 3.85. The van der Waals surface area contributed by atoms with Crippen LogP contribution in [0.4, 0.5) is 32.0 Å². The fourth-order valence-corrected chi connectivity index (χ4v) is 7.89. The predicted molar refractivity (Wildman–Crippen MR) is 126 cm³/mol. The quantitative estimate of drug-likeness (QED) is 0.355. The molecule has 3 N–H and O–H groups in total. The highest BCUT2D eigenvalue weighted by molar-refractivity contribution is 5.94. The molecule has 0 radical (unpaired) electrons. The molecule has 0 saturated heterocycles.